The molecule has 0 aliphatic rings. The largest absolute Gasteiger partial charge is 0.480 e. The van der Waals surface area contributed by atoms with Crippen LogP contribution in [0.2, 0.25) is 0 Å². The van der Waals surface area contributed by atoms with Gasteiger partial charge in [-0.05, 0) is 25.5 Å². The molecule has 76 valence electrons. The molecular weight excluding hydrogens is 182 g/mol. The summed E-state index contributed by atoms with van der Waals surface area (Å²) < 4.78 is 5.05. The topological polar surface area (TPSA) is 80.7 Å². The maximum Gasteiger partial charge on any atom is 0.224 e. The molecule has 0 atom stereocenters. The number of amidine groups is 1. The van der Waals surface area contributed by atoms with Crippen LogP contribution in [-0.4, -0.2) is 23.1 Å². The first kappa shape index (κ1) is 10.3. The molecule has 1 heterocycles. The van der Waals surface area contributed by atoms with Gasteiger partial charge in [-0.2, -0.15) is 0 Å². The molecule has 0 aliphatic heterocycles. The average molecular weight is 195 g/mol. The molecule has 0 saturated heterocycles. The quantitative estimate of drug-likeness (QED) is 0.316. The van der Waals surface area contributed by atoms with E-state index in [9.17, 15) is 0 Å². The number of aromatic nitrogens is 1. The van der Waals surface area contributed by atoms with Gasteiger partial charge in [0.15, 0.2) is 5.84 Å². The van der Waals surface area contributed by atoms with E-state index in [1.807, 2.05) is 19.9 Å². The number of nitrogens with two attached hydrogens (primary N) is 1. The van der Waals surface area contributed by atoms with Gasteiger partial charge in [0.25, 0.3) is 0 Å². The Morgan fingerprint density at radius 3 is 2.71 bits per heavy atom. The molecule has 0 radical (unpaired) electrons. The molecule has 0 unspecified atom stereocenters. The fraction of sp³-hybridized carbons (Fsp3) is 0.333. The third-order valence-electron chi connectivity index (χ3n) is 1.87. The average Bonchev–Trinajstić information content (AvgIpc) is 2.15. The Balaban J connectivity index is 3.40. The van der Waals surface area contributed by atoms with Crippen LogP contribution < -0.4 is 10.5 Å². The second kappa shape index (κ2) is 3.95. The van der Waals surface area contributed by atoms with Crippen molar-refractivity contribution in [3.05, 3.63) is 22.9 Å². The molecule has 5 heteroatoms. The van der Waals surface area contributed by atoms with Crippen molar-refractivity contribution in [2.75, 3.05) is 7.11 Å². The van der Waals surface area contributed by atoms with Crippen molar-refractivity contribution < 1.29 is 9.94 Å². The summed E-state index contributed by atoms with van der Waals surface area (Å²) in [5.74, 6) is 0.379. The van der Waals surface area contributed by atoms with E-state index in [2.05, 4.69) is 10.1 Å². The van der Waals surface area contributed by atoms with Crippen molar-refractivity contribution in [1.29, 1.82) is 0 Å². The predicted octanol–water partition coefficient (Wildman–Crippen LogP) is 0.802. The summed E-state index contributed by atoms with van der Waals surface area (Å²) in [5, 5.41) is 11.5. The number of methoxy groups -OCH3 is 1. The lowest BCUT2D eigenvalue weighted by atomic mass is 10.1. The van der Waals surface area contributed by atoms with E-state index in [0.717, 1.165) is 11.3 Å². The summed E-state index contributed by atoms with van der Waals surface area (Å²) in [7, 11) is 1.50. The monoisotopic (exact) mass is 195 g/mol. The summed E-state index contributed by atoms with van der Waals surface area (Å²) in [5.41, 5.74) is 7.72. The van der Waals surface area contributed by atoms with Crippen molar-refractivity contribution in [2.45, 2.75) is 13.8 Å². The first-order valence-corrected chi connectivity index (χ1v) is 4.10. The molecule has 0 saturated carbocycles. The van der Waals surface area contributed by atoms with Crippen LogP contribution >= 0.6 is 0 Å². The van der Waals surface area contributed by atoms with Gasteiger partial charge in [-0.15, -0.1) is 0 Å². The summed E-state index contributed by atoms with van der Waals surface area (Å²) in [6.07, 6.45) is 0. The Morgan fingerprint density at radius 2 is 2.21 bits per heavy atom. The minimum absolute atomic E-state index is 0.00634. The van der Waals surface area contributed by atoms with Gasteiger partial charge in [0.2, 0.25) is 5.88 Å². The molecule has 1 aromatic rings. The van der Waals surface area contributed by atoms with Crippen LogP contribution in [0.5, 0.6) is 5.88 Å². The molecule has 3 N–H and O–H groups in total. The Kier molecular flexibility index (Phi) is 2.91. The number of aryl methyl sites for hydroxylation is 2. The van der Waals surface area contributed by atoms with Crippen LogP contribution in [0.25, 0.3) is 0 Å². The Morgan fingerprint density at radius 1 is 1.57 bits per heavy atom. The maximum absolute atomic E-state index is 8.58. The smallest absolute Gasteiger partial charge is 0.224 e. The third-order valence-corrected chi connectivity index (χ3v) is 1.87. The normalized spacial score (nSPS) is 11.5. The number of hydrogen-bond donors (Lipinski definition) is 2. The fourth-order valence-corrected chi connectivity index (χ4v) is 1.31. The number of hydrogen-bond acceptors (Lipinski definition) is 4. The van der Waals surface area contributed by atoms with Gasteiger partial charge < -0.3 is 15.7 Å². The second-order valence-electron chi connectivity index (χ2n) is 2.95. The van der Waals surface area contributed by atoms with Gasteiger partial charge >= 0.3 is 0 Å². The van der Waals surface area contributed by atoms with Crippen LogP contribution in [0.15, 0.2) is 11.2 Å². The molecule has 0 spiro atoms. The molecule has 0 amide bonds. The lowest BCUT2D eigenvalue weighted by molar-refractivity contribution is 0.318. The van der Waals surface area contributed by atoms with E-state index >= 15 is 0 Å². The molecule has 5 nitrogen and oxygen atoms in total. The van der Waals surface area contributed by atoms with Gasteiger partial charge in [-0.3, -0.25) is 0 Å². The van der Waals surface area contributed by atoms with Gasteiger partial charge in [0.1, 0.15) is 0 Å². The first-order valence-electron chi connectivity index (χ1n) is 4.10. The van der Waals surface area contributed by atoms with Crippen LogP contribution in [0.1, 0.15) is 16.8 Å². The second-order valence-corrected chi connectivity index (χ2v) is 2.95. The van der Waals surface area contributed by atoms with Gasteiger partial charge in [0.05, 0.1) is 12.7 Å². The third kappa shape index (κ3) is 1.76. The molecule has 0 aromatic carbocycles. The number of rotatable bonds is 2. The standard InChI is InChI=1S/C9H13N3O2/c1-5-4-6(2)11-9(14-3)7(5)8(10)12-13/h4,13H,1-3H3,(H2,10,12). The minimum atomic E-state index is 0.00634. The zero-order valence-electron chi connectivity index (χ0n) is 8.40. The van der Waals surface area contributed by atoms with E-state index in [-0.39, 0.29) is 5.84 Å². The highest BCUT2D eigenvalue weighted by Gasteiger charge is 2.13. The fourth-order valence-electron chi connectivity index (χ4n) is 1.31. The molecule has 0 aliphatic carbocycles. The number of pyridine rings is 1. The molecule has 0 fully saturated rings. The number of nitrogens with zero attached hydrogens (tertiary/aromatic N) is 2. The predicted molar refractivity (Wildman–Crippen MR) is 52.8 cm³/mol. The minimum Gasteiger partial charge on any atom is -0.480 e. The molecular formula is C9H13N3O2. The van der Waals surface area contributed by atoms with E-state index in [1.165, 1.54) is 7.11 Å². The zero-order valence-corrected chi connectivity index (χ0v) is 8.40. The van der Waals surface area contributed by atoms with Crippen LogP contribution in [0.3, 0.4) is 0 Å². The van der Waals surface area contributed by atoms with Crippen LogP contribution in [0.4, 0.5) is 0 Å². The summed E-state index contributed by atoms with van der Waals surface area (Å²) in [4.78, 5) is 4.13. The van der Waals surface area contributed by atoms with E-state index in [1.54, 1.807) is 0 Å². The highest BCUT2D eigenvalue weighted by molar-refractivity contribution is 6.00. The summed E-state index contributed by atoms with van der Waals surface area (Å²) >= 11 is 0. The SMILES string of the molecule is COc1nc(C)cc(C)c1/C(N)=N\O. The van der Waals surface area contributed by atoms with Crippen molar-refractivity contribution in [2.24, 2.45) is 10.9 Å². The van der Waals surface area contributed by atoms with Crippen molar-refractivity contribution >= 4 is 5.84 Å². The number of ether oxygens (including phenoxy) is 1. The van der Waals surface area contributed by atoms with E-state index in [4.69, 9.17) is 15.7 Å². The van der Waals surface area contributed by atoms with Gasteiger partial charge in [-0.25, -0.2) is 4.98 Å². The van der Waals surface area contributed by atoms with Crippen molar-refractivity contribution in [1.82, 2.24) is 4.98 Å². The molecule has 0 bridgehead atoms. The van der Waals surface area contributed by atoms with Gasteiger partial charge in [-0.1, -0.05) is 5.16 Å². The van der Waals surface area contributed by atoms with Crippen molar-refractivity contribution in [3.8, 4) is 5.88 Å². The van der Waals surface area contributed by atoms with Crippen LogP contribution in [0, 0.1) is 13.8 Å². The van der Waals surface area contributed by atoms with E-state index < -0.39 is 0 Å². The zero-order chi connectivity index (χ0) is 10.7. The Bertz CT molecular complexity index is 375. The highest BCUT2D eigenvalue weighted by Crippen LogP contribution is 2.19. The first-order chi connectivity index (χ1) is 6.60. The highest BCUT2D eigenvalue weighted by atomic mass is 16.5. The summed E-state index contributed by atoms with van der Waals surface area (Å²) in [6.45, 7) is 3.70. The number of oxime groups is 1. The lowest BCUT2D eigenvalue weighted by Gasteiger charge is -2.09. The van der Waals surface area contributed by atoms with Gasteiger partial charge in [0, 0.05) is 5.69 Å². The Hall–Kier alpha value is -1.78. The molecule has 1 rings (SSSR count). The van der Waals surface area contributed by atoms with E-state index in [0.29, 0.717) is 11.4 Å². The van der Waals surface area contributed by atoms with Crippen molar-refractivity contribution in [3.63, 3.8) is 0 Å². The molecule has 1 aromatic heterocycles. The lowest BCUT2D eigenvalue weighted by Crippen LogP contribution is -2.17. The molecule has 14 heavy (non-hydrogen) atoms. The summed E-state index contributed by atoms with van der Waals surface area (Å²) in [6, 6.07) is 1.84. The van der Waals surface area contributed by atoms with Crippen LogP contribution in [-0.2, 0) is 0 Å². The Labute approximate surface area is 82.2 Å². The maximum atomic E-state index is 8.58.